The van der Waals surface area contributed by atoms with Crippen LogP contribution >= 0.6 is 24.0 Å². The zero-order chi connectivity index (χ0) is 19.6. The maximum Gasteiger partial charge on any atom is 0.218 e. The first-order valence-corrected chi connectivity index (χ1v) is 9.95. The second-order valence-electron chi connectivity index (χ2n) is 6.55. The summed E-state index contributed by atoms with van der Waals surface area (Å²) in [4.78, 5) is 12.4. The van der Waals surface area contributed by atoms with Gasteiger partial charge in [0.15, 0.2) is 5.96 Å². The second kappa shape index (κ2) is 12.3. The second-order valence-corrected chi connectivity index (χ2v) is 6.55. The third-order valence-electron chi connectivity index (χ3n) is 4.41. The predicted octanol–water partition coefficient (Wildman–Crippen LogP) is 4.27. The highest BCUT2D eigenvalue weighted by molar-refractivity contribution is 14.0. The molecule has 0 amide bonds. The quantitative estimate of drug-likeness (QED) is 0.230. The van der Waals surface area contributed by atoms with E-state index in [2.05, 4.69) is 58.8 Å². The van der Waals surface area contributed by atoms with Crippen molar-refractivity contribution >= 4 is 40.8 Å². The molecule has 156 valence electrons. The fourth-order valence-electron chi connectivity index (χ4n) is 3.03. The number of rotatable bonds is 9. The molecular formula is C22H30IN5O. The molecule has 0 aliphatic rings. The van der Waals surface area contributed by atoms with Crippen molar-refractivity contribution < 1.29 is 4.74 Å². The van der Waals surface area contributed by atoms with E-state index in [-0.39, 0.29) is 24.0 Å². The van der Waals surface area contributed by atoms with Crippen LogP contribution in [0.1, 0.15) is 31.4 Å². The third-order valence-corrected chi connectivity index (χ3v) is 4.41. The fourth-order valence-corrected chi connectivity index (χ4v) is 3.03. The third kappa shape index (κ3) is 6.62. The molecule has 0 saturated carbocycles. The van der Waals surface area contributed by atoms with Gasteiger partial charge in [-0.2, -0.15) is 0 Å². The number of guanidine groups is 1. The minimum absolute atomic E-state index is 0. The molecule has 29 heavy (non-hydrogen) atoms. The first-order chi connectivity index (χ1) is 13.8. The lowest BCUT2D eigenvalue weighted by atomic mass is 10.1. The number of hydrogen-bond acceptors (Lipinski definition) is 3. The van der Waals surface area contributed by atoms with Gasteiger partial charge >= 0.3 is 0 Å². The van der Waals surface area contributed by atoms with E-state index in [1.165, 1.54) is 16.5 Å². The number of nitrogens with zero attached hydrogens (tertiary/aromatic N) is 2. The van der Waals surface area contributed by atoms with Crippen molar-refractivity contribution in [3.05, 3.63) is 59.9 Å². The summed E-state index contributed by atoms with van der Waals surface area (Å²) < 4.78 is 5.72. The minimum atomic E-state index is 0. The molecular weight excluding hydrogens is 477 g/mol. The van der Waals surface area contributed by atoms with Gasteiger partial charge in [-0.3, -0.25) is 0 Å². The molecule has 0 spiro atoms. The number of aromatic nitrogens is 2. The van der Waals surface area contributed by atoms with Crippen molar-refractivity contribution in [3.8, 4) is 5.88 Å². The molecule has 2 heterocycles. The number of benzene rings is 1. The van der Waals surface area contributed by atoms with Crippen molar-refractivity contribution in [1.29, 1.82) is 0 Å². The number of halogens is 1. The van der Waals surface area contributed by atoms with Crippen LogP contribution in [0.3, 0.4) is 0 Å². The van der Waals surface area contributed by atoms with Gasteiger partial charge < -0.3 is 20.4 Å². The van der Waals surface area contributed by atoms with Crippen molar-refractivity contribution in [2.45, 2.75) is 33.2 Å². The zero-order valence-corrected chi connectivity index (χ0v) is 19.4. The van der Waals surface area contributed by atoms with Gasteiger partial charge in [0.2, 0.25) is 5.88 Å². The average Bonchev–Trinajstić information content (AvgIpc) is 3.14. The van der Waals surface area contributed by atoms with Crippen molar-refractivity contribution in [2.24, 2.45) is 4.99 Å². The molecule has 3 aromatic rings. The fraction of sp³-hybridized carbons (Fsp3) is 0.364. The number of nitrogens with one attached hydrogen (secondary N) is 3. The van der Waals surface area contributed by atoms with E-state index in [9.17, 15) is 0 Å². The highest BCUT2D eigenvalue weighted by Crippen LogP contribution is 2.18. The molecule has 3 rings (SSSR count). The number of ether oxygens (including phenoxy) is 1. The zero-order valence-electron chi connectivity index (χ0n) is 17.1. The smallest absolute Gasteiger partial charge is 0.218 e. The van der Waals surface area contributed by atoms with Crippen LogP contribution in [-0.2, 0) is 13.0 Å². The van der Waals surface area contributed by atoms with E-state index in [1.807, 2.05) is 18.2 Å². The normalized spacial score (nSPS) is 11.2. The molecule has 0 aliphatic heterocycles. The predicted molar refractivity (Wildman–Crippen MR) is 130 cm³/mol. The summed E-state index contributed by atoms with van der Waals surface area (Å²) in [5, 5.41) is 8.00. The molecule has 6 nitrogen and oxygen atoms in total. The number of fused-ring (bicyclic) bond motifs is 1. The summed E-state index contributed by atoms with van der Waals surface area (Å²) >= 11 is 0. The Balaban J connectivity index is 0.00000300. The molecule has 0 bridgehead atoms. The summed E-state index contributed by atoms with van der Waals surface area (Å²) in [6, 6.07) is 12.3. The van der Waals surface area contributed by atoms with Crippen LogP contribution in [0.5, 0.6) is 5.88 Å². The van der Waals surface area contributed by atoms with Gasteiger partial charge in [0, 0.05) is 41.9 Å². The molecule has 0 aliphatic carbocycles. The summed E-state index contributed by atoms with van der Waals surface area (Å²) in [6.45, 7) is 6.95. The van der Waals surface area contributed by atoms with Gasteiger partial charge in [-0.25, -0.2) is 9.98 Å². The monoisotopic (exact) mass is 507 g/mol. The number of aromatic amines is 1. The van der Waals surface area contributed by atoms with Gasteiger partial charge in [0.05, 0.1) is 13.2 Å². The average molecular weight is 507 g/mol. The number of aliphatic imine (C=N–C) groups is 1. The largest absolute Gasteiger partial charge is 0.477 e. The first kappa shape index (κ1) is 23.0. The van der Waals surface area contributed by atoms with E-state index in [4.69, 9.17) is 9.73 Å². The van der Waals surface area contributed by atoms with E-state index in [0.717, 1.165) is 37.5 Å². The molecule has 0 radical (unpaired) electrons. The van der Waals surface area contributed by atoms with Crippen LogP contribution in [0.25, 0.3) is 10.9 Å². The van der Waals surface area contributed by atoms with E-state index < -0.39 is 0 Å². The Bertz CT molecular complexity index is 909. The van der Waals surface area contributed by atoms with Gasteiger partial charge in [0.1, 0.15) is 0 Å². The van der Waals surface area contributed by atoms with Crippen molar-refractivity contribution in [3.63, 3.8) is 0 Å². The topological polar surface area (TPSA) is 74.3 Å². The van der Waals surface area contributed by atoms with Crippen molar-refractivity contribution in [2.75, 3.05) is 19.7 Å². The van der Waals surface area contributed by atoms with Crippen LogP contribution in [0.4, 0.5) is 0 Å². The molecule has 7 heteroatoms. The summed E-state index contributed by atoms with van der Waals surface area (Å²) in [5.74, 6) is 1.47. The highest BCUT2D eigenvalue weighted by Gasteiger charge is 2.06. The van der Waals surface area contributed by atoms with Crippen LogP contribution in [0, 0.1) is 0 Å². The standard InChI is InChI=1S/C22H29N5O.HI/c1-3-14-28-21-18(8-7-12-24-21)16-27-22(23-4-2)25-13-11-17-15-26-20-10-6-5-9-19(17)20;/h5-10,12,15,26H,3-4,11,13-14,16H2,1-2H3,(H2,23,25,27);1H. The summed E-state index contributed by atoms with van der Waals surface area (Å²) in [5.41, 5.74) is 3.47. The maximum atomic E-state index is 5.72. The maximum absolute atomic E-state index is 5.72. The molecule has 2 aromatic heterocycles. The van der Waals surface area contributed by atoms with Crippen LogP contribution < -0.4 is 15.4 Å². The van der Waals surface area contributed by atoms with Gasteiger partial charge in [0.25, 0.3) is 0 Å². The molecule has 3 N–H and O–H groups in total. The van der Waals surface area contributed by atoms with Crippen LogP contribution in [-0.4, -0.2) is 35.6 Å². The number of H-pyrrole nitrogens is 1. The Morgan fingerprint density at radius 1 is 1.10 bits per heavy atom. The molecule has 0 fully saturated rings. The summed E-state index contributed by atoms with van der Waals surface area (Å²) in [6.07, 6.45) is 5.72. The lowest BCUT2D eigenvalue weighted by Crippen LogP contribution is -2.38. The first-order valence-electron chi connectivity index (χ1n) is 9.95. The molecule has 0 saturated heterocycles. The Labute approximate surface area is 189 Å². The molecule has 0 atom stereocenters. The van der Waals surface area contributed by atoms with E-state index in [0.29, 0.717) is 19.0 Å². The molecule has 1 aromatic carbocycles. The lowest BCUT2D eigenvalue weighted by molar-refractivity contribution is 0.302. The number of para-hydroxylation sites is 1. The summed E-state index contributed by atoms with van der Waals surface area (Å²) in [7, 11) is 0. The molecule has 0 unspecified atom stereocenters. The van der Waals surface area contributed by atoms with Gasteiger partial charge in [-0.05, 0) is 37.5 Å². The lowest BCUT2D eigenvalue weighted by Gasteiger charge is -2.12. The highest BCUT2D eigenvalue weighted by atomic mass is 127. The van der Waals surface area contributed by atoms with Gasteiger partial charge in [-0.1, -0.05) is 31.2 Å². The number of pyridine rings is 1. The Hall–Kier alpha value is -2.29. The van der Waals surface area contributed by atoms with Crippen molar-refractivity contribution in [1.82, 2.24) is 20.6 Å². The van der Waals surface area contributed by atoms with Crippen LogP contribution in [0.2, 0.25) is 0 Å². The van der Waals surface area contributed by atoms with Crippen LogP contribution in [0.15, 0.2) is 53.8 Å². The Morgan fingerprint density at radius 2 is 1.97 bits per heavy atom. The van der Waals surface area contributed by atoms with Gasteiger partial charge in [-0.15, -0.1) is 24.0 Å². The SMILES string of the molecule is CCCOc1ncccc1CN=C(NCC)NCCc1c[nH]c2ccccc12.I. The minimum Gasteiger partial charge on any atom is -0.477 e. The number of hydrogen-bond donors (Lipinski definition) is 3. The Morgan fingerprint density at radius 3 is 2.79 bits per heavy atom. The Kier molecular flexibility index (Phi) is 9.76. The van der Waals surface area contributed by atoms with E-state index >= 15 is 0 Å². The van der Waals surface area contributed by atoms with E-state index in [1.54, 1.807) is 6.20 Å².